The molecule has 90 valence electrons. The Bertz CT molecular complexity index is 456. The fourth-order valence-electron chi connectivity index (χ4n) is 4.50. The molecule has 2 heteroatoms. The summed E-state index contributed by atoms with van der Waals surface area (Å²) < 4.78 is 13.4. The number of halogens is 1. The van der Waals surface area contributed by atoms with E-state index in [0.29, 0.717) is 5.92 Å². The molecule has 2 saturated carbocycles. The minimum atomic E-state index is -0.0828. The first-order valence-corrected chi connectivity index (χ1v) is 6.84. The maximum Gasteiger partial charge on any atom is 0.123 e. The quantitative estimate of drug-likeness (QED) is 0.775. The van der Waals surface area contributed by atoms with Crippen molar-refractivity contribution < 1.29 is 4.39 Å². The Hall–Kier alpha value is -1.05. The molecule has 0 saturated heterocycles. The summed E-state index contributed by atoms with van der Waals surface area (Å²) in [6.07, 6.45) is 5.67. The zero-order valence-electron chi connectivity index (χ0n) is 9.95. The predicted octanol–water partition coefficient (Wildman–Crippen LogP) is 3.77. The lowest BCUT2D eigenvalue weighted by molar-refractivity contribution is 0.291. The van der Waals surface area contributed by atoms with E-state index in [2.05, 4.69) is 5.32 Å². The van der Waals surface area contributed by atoms with E-state index in [9.17, 15) is 4.39 Å². The normalized spacial score (nSPS) is 38.2. The van der Waals surface area contributed by atoms with E-state index < -0.39 is 0 Å². The van der Waals surface area contributed by atoms with Crippen molar-refractivity contribution in [3.8, 4) is 0 Å². The summed E-state index contributed by atoms with van der Waals surface area (Å²) in [7, 11) is 0. The first-order valence-electron chi connectivity index (χ1n) is 6.84. The Morgan fingerprint density at radius 2 is 2.12 bits per heavy atom. The number of rotatable bonds is 1. The van der Waals surface area contributed by atoms with Gasteiger partial charge in [0.15, 0.2) is 0 Å². The van der Waals surface area contributed by atoms with E-state index in [1.165, 1.54) is 36.9 Å². The Labute approximate surface area is 101 Å². The molecule has 1 N–H and O–H groups in total. The van der Waals surface area contributed by atoms with Crippen LogP contribution in [0.3, 0.4) is 0 Å². The number of hydrogen-bond donors (Lipinski definition) is 1. The smallest absolute Gasteiger partial charge is 0.123 e. The SMILES string of the molecule is Fc1ccc2c(c1)C(C1CC3CCC1C3)CN2. The zero-order valence-corrected chi connectivity index (χ0v) is 9.95. The molecular weight excluding hydrogens is 213 g/mol. The van der Waals surface area contributed by atoms with Gasteiger partial charge >= 0.3 is 0 Å². The molecule has 1 nitrogen and oxygen atoms in total. The summed E-state index contributed by atoms with van der Waals surface area (Å²) >= 11 is 0. The van der Waals surface area contributed by atoms with Gasteiger partial charge in [0.2, 0.25) is 0 Å². The van der Waals surface area contributed by atoms with E-state index >= 15 is 0 Å². The maximum absolute atomic E-state index is 13.4. The molecule has 1 aromatic rings. The van der Waals surface area contributed by atoms with Crippen LogP contribution in [0.15, 0.2) is 18.2 Å². The third-order valence-electron chi connectivity index (χ3n) is 5.24. The summed E-state index contributed by atoms with van der Waals surface area (Å²) in [6.45, 7) is 1.02. The van der Waals surface area contributed by atoms with Gasteiger partial charge in [0.1, 0.15) is 5.82 Å². The number of benzene rings is 1. The van der Waals surface area contributed by atoms with Gasteiger partial charge in [-0.2, -0.15) is 0 Å². The van der Waals surface area contributed by atoms with Gasteiger partial charge in [-0.15, -0.1) is 0 Å². The highest BCUT2D eigenvalue weighted by Gasteiger charge is 2.44. The minimum Gasteiger partial charge on any atom is -0.384 e. The van der Waals surface area contributed by atoms with Gasteiger partial charge in [-0.05, 0) is 60.8 Å². The standard InChI is InChI=1S/C15H18FN/c16-11-3-4-15-13(7-11)14(8-17-15)12-6-9-1-2-10(12)5-9/h3-4,7,9-10,12,14,17H,1-2,5-6,8H2. The Morgan fingerprint density at radius 1 is 1.18 bits per heavy atom. The van der Waals surface area contributed by atoms with Crippen LogP contribution in [0, 0.1) is 23.6 Å². The second kappa shape index (κ2) is 3.47. The molecule has 2 bridgehead atoms. The zero-order chi connectivity index (χ0) is 11.4. The maximum atomic E-state index is 13.4. The largest absolute Gasteiger partial charge is 0.384 e. The lowest BCUT2D eigenvalue weighted by atomic mass is 9.77. The van der Waals surface area contributed by atoms with Crippen LogP contribution in [-0.2, 0) is 0 Å². The van der Waals surface area contributed by atoms with E-state index in [0.717, 1.165) is 24.3 Å². The topological polar surface area (TPSA) is 12.0 Å². The van der Waals surface area contributed by atoms with Gasteiger partial charge in [0.25, 0.3) is 0 Å². The molecule has 2 aliphatic carbocycles. The van der Waals surface area contributed by atoms with Crippen molar-refractivity contribution in [1.82, 2.24) is 0 Å². The molecule has 0 aromatic heterocycles. The van der Waals surface area contributed by atoms with E-state index in [1.54, 1.807) is 12.1 Å². The summed E-state index contributed by atoms with van der Waals surface area (Å²) in [6, 6.07) is 5.22. The molecule has 0 amide bonds. The third kappa shape index (κ3) is 1.42. The van der Waals surface area contributed by atoms with Gasteiger partial charge in [0.05, 0.1) is 0 Å². The highest BCUT2D eigenvalue weighted by atomic mass is 19.1. The fourth-order valence-corrected chi connectivity index (χ4v) is 4.50. The van der Waals surface area contributed by atoms with Crippen LogP contribution in [0.25, 0.3) is 0 Å². The first-order chi connectivity index (χ1) is 8.31. The van der Waals surface area contributed by atoms with Crippen LogP contribution in [-0.4, -0.2) is 6.54 Å². The van der Waals surface area contributed by atoms with Gasteiger partial charge in [-0.1, -0.05) is 6.42 Å². The second-order valence-corrected chi connectivity index (χ2v) is 6.06. The van der Waals surface area contributed by atoms with Crippen molar-refractivity contribution in [2.75, 3.05) is 11.9 Å². The van der Waals surface area contributed by atoms with E-state index in [-0.39, 0.29) is 5.82 Å². The van der Waals surface area contributed by atoms with Gasteiger partial charge in [-0.3, -0.25) is 0 Å². The van der Waals surface area contributed by atoms with Crippen LogP contribution in [0.4, 0.5) is 10.1 Å². The van der Waals surface area contributed by atoms with Crippen molar-refractivity contribution >= 4 is 5.69 Å². The van der Waals surface area contributed by atoms with Crippen molar-refractivity contribution in [2.45, 2.75) is 31.6 Å². The minimum absolute atomic E-state index is 0.0828. The van der Waals surface area contributed by atoms with Crippen molar-refractivity contribution in [3.05, 3.63) is 29.6 Å². The number of nitrogens with one attached hydrogen (secondary N) is 1. The molecule has 0 spiro atoms. The Balaban J connectivity index is 1.67. The van der Waals surface area contributed by atoms with Crippen molar-refractivity contribution in [1.29, 1.82) is 0 Å². The lowest BCUT2D eigenvalue weighted by Crippen LogP contribution is -2.20. The molecule has 1 aromatic carbocycles. The van der Waals surface area contributed by atoms with Crippen LogP contribution in [0.5, 0.6) is 0 Å². The van der Waals surface area contributed by atoms with Crippen LogP contribution < -0.4 is 5.32 Å². The Morgan fingerprint density at radius 3 is 2.88 bits per heavy atom. The predicted molar refractivity (Wildman–Crippen MR) is 66.6 cm³/mol. The summed E-state index contributed by atoms with van der Waals surface area (Å²) in [4.78, 5) is 0. The van der Waals surface area contributed by atoms with E-state index in [4.69, 9.17) is 0 Å². The summed E-state index contributed by atoms with van der Waals surface area (Å²) in [5.41, 5.74) is 2.40. The molecule has 4 unspecified atom stereocenters. The molecule has 0 radical (unpaired) electrons. The second-order valence-electron chi connectivity index (χ2n) is 6.06. The monoisotopic (exact) mass is 231 g/mol. The average molecular weight is 231 g/mol. The molecule has 17 heavy (non-hydrogen) atoms. The van der Waals surface area contributed by atoms with Gasteiger partial charge in [-0.25, -0.2) is 4.39 Å². The highest BCUT2D eigenvalue weighted by molar-refractivity contribution is 5.58. The highest BCUT2D eigenvalue weighted by Crippen LogP contribution is 2.55. The van der Waals surface area contributed by atoms with Gasteiger partial charge in [0, 0.05) is 18.2 Å². The summed E-state index contributed by atoms with van der Waals surface area (Å²) in [5.74, 6) is 3.18. The van der Waals surface area contributed by atoms with Crippen LogP contribution in [0.1, 0.15) is 37.2 Å². The van der Waals surface area contributed by atoms with Gasteiger partial charge < -0.3 is 5.32 Å². The number of fused-ring (bicyclic) bond motifs is 3. The van der Waals surface area contributed by atoms with Crippen LogP contribution in [0.2, 0.25) is 0 Å². The van der Waals surface area contributed by atoms with Crippen molar-refractivity contribution in [2.24, 2.45) is 17.8 Å². The molecular formula is C15H18FN. The summed E-state index contributed by atoms with van der Waals surface area (Å²) in [5, 5.41) is 3.45. The van der Waals surface area contributed by atoms with E-state index in [1.807, 2.05) is 6.07 Å². The number of hydrogen-bond acceptors (Lipinski definition) is 1. The molecule has 1 heterocycles. The third-order valence-corrected chi connectivity index (χ3v) is 5.24. The molecule has 3 aliphatic rings. The lowest BCUT2D eigenvalue weighted by Gasteiger charge is -2.27. The number of anilines is 1. The Kier molecular flexibility index (Phi) is 2.03. The fraction of sp³-hybridized carbons (Fsp3) is 0.600. The first kappa shape index (κ1) is 9.93. The van der Waals surface area contributed by atoms with Crippen molar-refractivity contribution in [3.63, 3.8) is 0 Å². The molecule has 4 rings (SSSR count). The molecule has 2 fully saturated rings. The van der Waals surface area contributed by atoms with Crippen LogP contribution >= 0.6 is 0 Å². The molecule has 4 atom stereocenters. The molecule has 1 aliphatic heterocycles. The average Bonchev–Trinajstić information content (AvgIpc) is 3.01.